The maximum atomic E-state index is 12.5. The highest BCUT2D eigenvalue weighted by atomic mass is 35.5. The van der Waals surface area contributed by atoms with Gasteiger partial charge in [-0.15, -0.1) is 0 Å². The van der Waals surface area contributed by atoms with E-state index in [1.807, 2.05) is 30.3 Å². The van der Waals surface area contributed by atoms with E-state index in [0.717, 1.165) is 18.5 Å². The lowest BCUT2D eigenvalue weighted by molar-refractivity contribution is -0.116. The molecule has 0 fully saturated rings. The van der Waals surface area contributed by atoms with Gasteiger partial charge in [-0.05, 0) is 60.2 Å². The van der Waals surface area contributed by atoms with Crippen LogP contribution in [0.5, 0.6) is 0 Å². The summed E-state index contributed by atoms with van der Waals surface area (Å²) in [7, 11) is 0. The zero-order valence-electron chi connectivity index (χ0n) is 16.4. The van der Waals surface area contributed by atoms with E-state index in [9.17, 15) is 9.59 Å². The van der Waals surface area contributed by atoms with Gasteiger partial charge in [0.1, 0.15) is 0 Å². The summed E-state index contributed by atoms with van der Waals surface area (Å²) < 4.78 is 0. The third-order valence-corrected chi connectivity index (χ3v) is 5.66. The van der Waals surface area contributed by atoms with Crippen molar-refractivity contribution in [2.24, 2.45) is 0 Å². The summed E-state index contributed by atoms with van der Waals surface area (Å²) in [6, 6.07) is 18.7. The molecular formula is C24H22ClN3O2. The smallest absolute Gasteiger partial charge is 0.253 e. The number of pyridine rings is 1. The zero-order chi connectivity index (χ0) is 20.9. The minimum Gasteiger partial charge on any atom is -0.346 e. The molecule has 0 bridgehead atoms. The number of aromatic nitrogens is 1. The molecule has 2 amide bonds. The number of rotatable bonds is 6. The highest BCUT2D eigenvalue weighted by molar-refractivity contribution is 6.34. The number of halogens is 1. The summed E-state index contributed by atoms with van der Waals surface area (Å²) in [5, 5.41) is 5.99. The molecule has 6 heteroatoms. The Balaban J connectivity index is 1.35. The lowest BCUT2D eigenvalue weighted by atomic mass is 9.97. The number of hydrogen-bond acceptors (Lipinski definition) is 3. The van der Waals surface area contributed by atoms with Crippen molar-refractivity contribution in [3.05, 3.63) is 94.3 Å². The van der Waals surface area contributed by atoms with Crippen LogP contribution in [-0.2, 0) is 17.8 Å². The standard InChI is InChI=1S/C24H22ClN3O2/c25-22-14-18(10-11-21(22)24(30)27-15-19-6-3-4-12-26-19)28-23(29)13-17-9-8-16-5-1-2-7-20(16)17/h1-7,10-12,14,17H,8-9,13,15H2,(H,27,30)(H,28,29). The number of hydrogen-bond donors (Lipinski definition) is 2. The molecule has 152 valence electrons. The Morgan fingerprint density at radius 2 is 1.90 bits per heavy atom. The van der Waals surface area contributed by atoms with Gasteiger partial charge in [0.25, 0.3) is 5.91 Å². The molecule has 30 heavy (non-hydrogen) atoms. The number of nitrogens with one attached hydrogen (secondary N) is 2. The van der Waals surface area contributed by atoms with Gasteiger partial charge in [-0.1, -0.05) is 41.9 Å². The quantitative estimate of drug-likeness (QED) is 0.607. The third-order valence-electron chi connectivity index (χ3n) is 5.34. The monoisotopic (exact) mass is 419 g/mol. The molecule has 1 aliphatic rings. The van der Waals surface area contributed by atoms with Crippen molar-refractivity contribution < 1.29 is 9.59 Å². The van der Waals surface area contributed by atoms with Gasteiger partial charge < -0.3 is 10.6 Å². The van der Waals surface area contributed by atoms with Gasteiger partial charge in [-0.3, -0.25) is 14.6 Å². The summed E-state index contributed by atoms with van der Waals surface area (Å²) in [5.41, 5.74) is 4.30. The highest BCUT2D eigenvalue weighted by Crippen LogP contribution is 2.35. The SMILES string of the molecule is O=C(CC1CCc2ccccc21)Nc1ccc(C(=O)NCc2ccccn2)c(Cl)c1. The zero-order valence-corrected chi connectivity index (χ0v) is 17.2. The van der Waals surface area contributed by atoms with Crippen LogP contribution in [0.2, 0.25) is 5.02 Å². The van der Waals surface area contributed by atoms with Crippen LogP contribution in [0.1, 0.15) is 45.9 Å². The van der Waals surface area contributed by atoms with Crippen LogP contribution >= 0.6 is 11.6 Å². The van der Waals surface area contributed by atoms with Crippen LogP contribution in [0.4, 0.5) is 5.69 Å². The van der Waals surface area contributed by atoms with Crippen molar-refractivity contribution in [2.45, 2.75) is 31.7 Å². The molecule has 0 spiro atoms. The molecule has 0 aliphatic heterocycles. The van der Waals surface area contributed by atoms with Crippen molar-refractivity contribution in [1.82, 2.24) is 10.3 Å². The number of amides is 2. The Morgan fingerprint density at radius 1 is 1.07 bits per heavy atom. The molecule has 0 radical (unpaired) electrons. The van der Waals surface area contributed by atoms with Gasteiger partial charge in [0.05, 0.1) is 22.8 Å². The van der Waals surface area contributed by atoms with Crippen molar-refractivity contribution in [1.29, 1.82) is 0 Å². The van der Waals surface area contributed by atoms with Gasteiger partial charge in [-0.2, -0.15) is 0 Å². The predicted octanol–water partition coefficient (Wildman–Crippen LogP) is 4.72. The van der Waals surface area contributed by atoms with E-state index in [4.69, 9.17) is 11.6 Å². The first kappa shape index (κ1) is 20.1. The van der Waals surface area contributed by atoms with Crippen molar-refractivity contribution in [2.75, 3.05) is 5.32 Å². The van der Waals surface area contributed by atoms with E-state index in [2.05, 4.69) is 27.8 Å². The minimum absolute atomic E-state index is 0.0554. The molecule has 3 aromatic rings. The lowest BCUT2D eigenvalue weighted by Gasteiger charge is -2.13. The second kappa shape index (κ2) is 9.09. The lowest BCUT2D eigenvalue weighted by Crippen LogP contribution is -2.23. The maximum Gasteiger partial charge on any atom is 0.253 e. The van der Waals surface area contributed by atoms with Crippen LogP contribution in [0.3, 0.4) is 0 Å². The first-order valence-corrected chi connectivity index (χ1v) is 10.3. The summed E-state index contributed by atoms with van der Waals surface area (Å²) in [6.45, 7) is 0.317. The molecule has 1 aliphatic carbocycles. The number of benzene rings is 2. The largest absolute Gasteiger partial charge is 0.346 e. The molecule has 0 saturated heterocycles. The molecule has 1 unspecified atom stereocenters. The number of carbonyl (C=O) groups excluding carboxylic acids is 2. The number of anilines is 1. The fourth-order valence-corrected chi connectivity index (χ4v) is 4.11. The van der Waals surface area contributed by atoms with Gasteiger partial charge in [0.15, 0.2) is 0 Å². The molecule has 1 aromatic heterocycles. The fraction of sp³-hybridized carbons (Fsp3) is 0.208. The summed E-state index contributed by atoms with van der Waals surface area (Å²) >= 11 is 6.30. The van der Waals surface area contributed by atoms with E-state index in [1.54, 1.807) is 24.4 Å². The van der Waals surface area contributed by atoms with Gasteiger partial charge in [0.2, 0.25) is 5.91 Å². The van der Waals surface area contributed by atoms with Crippen LogP contribution in [-0.4, -0.2) is 16.8 Å². The van der Waals surface area contributed by atoms with Crippen LogP contribution < -0.4 is 10.6 Å². The van der Waals surface area contributed by atoms with Gasteiger partial charge >= 0.3 is 0 Å². The maximum absolute atomic E-state index is 12.5. The van der Waals surface area contributed by atoms with E-state index >= 15 is 0 Å². The van der Waals surface area contributed by atoms with E-state index in [0.29, 0.717) is 24.2 Å². The number of fused-ring (bicyclic) bond motifs is 1. The second-order valence-corrected chi connectivity index (χ2v) is 7.79. The Labute approximate surface area is 180 Å². The van der Waals surface area contributed by atoms with Crippen LogP contribution in [0.15, 0.2) is 66.9 Å². The minimum atomic E-state index is -0.286. The van der Waals surface area contributed by atoms with Crippen molar-refractivity contribution in [3.8, 4) is 0 Å². The first-order valence-electron chi connectivity index (χ1n) is 9.95. The highest BCUT2D eigenvalue weighted by Gasteiger charge is 2.24. The summed E-state index contributed by atoms with van der Waals surface area (Å²) in [4.78, 5) is 29.1. The molecule has 4 rings (SSSR count). The second-order valence-electron chi connectivity index (χ2n) is 7.39. The predicted molar refractivity (Wildman–Crippen MR) is 118 cm³/mol. The Hall–Kier alpha value is -3.18. The van der Waals surface area contributed by atoms with E-state index < -0.39 is 0 Å². The molecule has 2 N–H and O–H groups in total. The molecule has 1 heterocycles. The average Bonchev–Trinajstić information content (AvgIpc) is 3.15. The average molecular weight is 420 g/mol. The van der Waals surface area contributed by atoms with Crippen molar-refractivity contribution >= 4 is 29.1 Å². The van der Waals surface area contributed by atoms with Crippen molar-refractivity contribution in [3.63, 3.8) is 0 Å². The number of carbonyl (C=O) groups is 2. The van der Waals surface area contributed by atoms with E-state index in [-0.39, 0.29) is 22.8 Å². The number of nitrogens with zero attached hydrogens (tertiary/aromatic N) is 1. The molecule has 1 atom stereocenters. The van der Waals surface area contributed by atoms with Crippen LogP contribution in [0, 0.1) is 0 Å². The molecule has 2 aromatic carbocycles. The number of aryl methyl sites for hydroxylation is 1. The molecule has 0 saturated carbocycles. The summed E-state index contributed by atoms with van der Waals surface area (Å²) in [6.07, 6.45) is 4.11. The first-order chi connectivity index (χ1) is 14.6. The molecule has 5 nitrogen and oxygen atoms in total. The Kier molecular flexibility index (Phi) is 6.10. The Morgan fingerprint density at radius 3 is 2.70 bits per heavy atom. The Bertz CT molecular complexity index is 1070. The topological polar surface area (TPSA) is 71.1 Å². The molecular weight excluding hydrogens is 398 g/mol. The van der Waals surface area contributed by atoms with Crippen LogP contribution in [0.25, 0.3) is 0 Å². The third kappa shape index (κ3) is 4.69. The fourth-order valence-electron chi connectivity index (χ4n) is 3.84. The normalized spacial score (nSPS) is 14.8. The van der Waals surface area contributed by atoms with Gasteiger partial charge in [-0.25, -0.2) is 0 Å². The summed E-state index contributed by atoms with van der Waals surface area (Å²) in [5.74, 6) is -0.0977. The van der Waals surface area contributed by atoms with Gasteiger partial charge in [0, 0.05) is 18.3 Å². The van der Waals surface area contributed by atoms with E-state index in [1.165, 1.54) is 11.1 Å².